The number of nitrogens with one attached hydrogen (secondary N) is 2. The number of imide groups is 1. The van der Waals surface area contributed by atoms with E-state index in [1.54, 1.807) is 24.3 Å². The Balaban J connectivity index is 2.01. The number of carbonyl (C=O) groups is 3. The Kier molecular flexibility index (Phi) is 6.60. The molecule has 2 N–H and O–H groups in total. The first kappa shape index (κ1) is 19.8. The first-order chi connectivity index (χ1) is 12.5. The maximum atomic E-state index is 12.8. The zero-order valence-corrected chi connectivity index (χ0v) is 15.6. The van der Waals surface area contributed by atoms with Gasteiger partial charge in [-0.2, -0.15) is 0 Å². The van der Waals surface area contributed by atoms with Gasteiger partial charge >= 0.3 is 6.03 Å². The van der Waals surface area contributed by atoms with Crippen LogP contribution in [0, 0.1) is 0 Å². The second-order valence-corrected chi connectivity index (χ2v) is 6.41. The lowest BCUT2D eigenvalue weighted by atomic mass is 9.88. The smallest absolute Gasteiger partial charge is 0.325 e. The number of hydrogen-bond acceptors (Lipinski definition) is 4. The number of hydrogen-bond donors (Lipinski definition) is 2. The number of amides is 4. The highest BCUT2D eigenvalue weighted by Crippen LogP contribution is 2.28. The third kappa shape index (κ3) is 4.33. The molecule has 142 valence electrons. The van der Waals surface area contributed by atoms with Crippen LogP contribution in [0.2, 0.25) is 0 Å². The van der Waals surface area contributed by atoms with Gasteiger partial charge in [0.1, 0.15) is 17.8 Å². The molecule has 1 aliphatic heterocycles. The quantitative estimate of drug-likeness (QED) is 0.662. The van der Waals surface area contributed by atoms with E-state index in [1.807, 2.05) is 20.8 Å². The number of nitrogens with zero attached hydrogens (tertiary/aromatic N) is 1. The third-order valence-corrected chi connectivity index (χ3v) is 4.35. The molecule has 7 heteroatoms. The summed E-state index contributed by atoms with van der Waals surface area (Å²) in [4.78, 5) is 38.3. The van der Waals surface area contributed by atoms with Gasteiger partial charge < -0.3 is 15.4 Å². The molecule has 0 aliphatic carbocycles. The van der Waals surface area contributed by atoms with E-state index in [0.717, 1.165) is 17.7 Å². The number of carbonyl (C=O) groups excluding carboxylic acids is 3. The summed E-state index contributed by atoms with van der Waals surface area (Å²) < 4.78 is 5.35. The largest absolute Gasteiger partial charge is 0.494 e. The molecule has 0 bridgehead atoms. The number of anilines is 1. The van der Waals surface area contributed by atoms with Gasteiger partial charge in [-0.05, 0) is 44.0 Å². The van der Waals surface area contributed by atoms with Crippen LogP contribution in [0.5, 0.6) is 5.75 Å². The van der Waals surface area contributed by atoms with Crippen molar-refractivity contribution in [3.8, 4) is 5.75 Å². The molecular formula is C19H27N3O4. The van der Waals surface area contributed by atoms with Gasteiger partial charge in [0.05, 0.1) is 6.61 Å². The second kappa shape index (κ2) is 8.69. The van der Waals surface area contributed by atoms with Crippen LogP contribution in [0.25, 0.3) is 0 Å². The summed E-state index contributed by atoms with van der Waals surface area (Å²) in [7, 11) is 0. The molecule has 0 atom stereocenters. The number of ether oxygens (including phenoxy) is 1. The normalized spacial score (nSPS) is 15.7. The van der Waals surface area contributed by atoms with Crippen LogP contribution in [0.1, 0.15) is 46.5 Å². The molecule has 1 fully saturated rings. The molecule has 0 saturated carbocycles. The van der Waals surface area contributed by atoms with E-state index in [-0.39, 0.29) is 12.5 Å². The summed E-state index contributed by atoms with van der Waals surface area (Å²) in [6.07, 6.45) is 2.70. The first-order valence-electron chi connectivity index (χ1n) is 9.12. The lowest BCUT2D eigenvalue weighted by Gasteiger charge is -2.25. The van der Waals surface area contributed by atoms with E-state index >= 15 is 0 Å². The van der Waals surface area contributed by atoms with Gasteiger partial charge in [-0.1, -0.05) is 26.7 Å². The highest BCUT2D eigenvalue weighted by atomic mass is 16.5. The maximum Gasteiger partial charge on any atom is 0.325 e. The Morgan fingerprint density at radius 2 is 1.73 bits per heavy atom. The highest BCUT2D eigenvalue weighted by Gasteiger charge is 2.50. The first-order valence-corrected chi connectivity index (χ1v) is 9.12. The molecular weight excluding hydrogens is 334 g/mol. The van der Waals surface area contributed by atoms with Crippen molar-refractivity contribution in [2.24, 2.45) is 0 Å². The van der Waals surface area contributed by atoms with Crippen LogP contribution in [0.4, 0.5) is 10.5 Å². The van der Waals surface area contributed by atoms with Crippen molar-refractivity contribution in [2.75, 3.05) is 18.5 Å². The van der Waals surface area contributed by atoms with Crippen LogP contribution in [-0.4, -0.2) is 41.4 Å². The van der Waals surface area contributed by atoms with Crippen LogP contribution >= 0.6 is 0 Å². The molecule has 0 spiro atoms. The fourth-order valence-corrected chi connectivity index (χ4v) is 3.28. The summed E-state index contributed by atoms with van der Waals surface area (Å²) in [5.41, 5.74) is -0.293. The van der Waals surface area contributed by atoms with Gasteiger partial charge in [0.25, 0.3) is 5.91 Å². The minimum absolute atomic E-state index is 0.299. The van der Waals surface area contributed by atoms with Crippen LogP contribution < -0.4 is 15.4 Å². The van der Waals surface area contributed by atoms with Crippen molar-refractivity contribution in [1.29, 1.82) is 0 Å². The van der Waals surface area contributed by atoms with Crippen molar-refractivity contribution in [1.82, 2.24) is 10.2 Å². The van der Waals surface area contributed by atoms with E-state index in [9.17, 15) is 14.4 Å². The summed E-state index contributed by atoms with van der Waals surface area (Å²) >= 11 is 0. The molecule has 7 nitrogen and oxygen atoms in total. The summed E-state index contributed by atoms with van der Waals surface area (Å²) in [5, 5.41) is 5.50. The number of benzene rings is 1. The van der Waals surface area contributed by atoms with Gasteiger partial charge in [0, 0.05) is 5.69 Å². The van der Waals surface area contributed by atoms with Crippen LogP contribution in [0.15, 0.2) is 24.3 Å². The van der Waals surface area contributed by atoms with Crippen molar-refractivity contribution in [3.05, 3.63) is 24.3 Å². The van der Waals surface area contributed by atoms with E-state index in [4.69, 9.17) is 4.74 Å². The van der Waals surface area contributed by atoms with E-state index in [2.05, 4.69) is 10.6 Å². The molecule has 4 amide bonds. The molecule has 1 saturated heterocycles. The number of rotatable bonds is 9. The van der Waals surface area contributed by atoms with Crippen molar-refractivity contribution in [3.63, 3.8) is 0 Å². The maximum absolute atomic E-state index is 12.8. The molecule has 1 aromatic rings. The molecule has 0 aromatic heterocycles. The molecule has 1 aromatic carbocycles. The topological polar surface area (TPSA) is 87.7 Å². The molecule has 26 heavy (non-hydrogen) atoms. The van der Waals surface area contributed by atoms with Crippen LogP contribution in [-0.2, 0) is 9.59 Å². The predicted molar refractivity (Wildman–Crippen MR) is 99.0 cm³/mol. The number of urea groups is 1. The molecule has 1 heterocycles. The molecule has 2 rings (SSSR count). The lowest BCUT2D eigenvalue weighted by Crippen LogP contribution is -2.47. The molecule has 1 aliphatic rings. The monoisotopic (exact) mass is 361 g/mol. The average molecular weight is 361 g/mol. The van der Waals surface area contributed by atoms with Gasteiger partial charge in [-0.3, -0.25) is 14.5 Å². The van der Waals surface area contributed by atoms with Crippen molar-refractivity contribution in [2.45, 2.75) is 52.0 Å². The van der Waals surface area contributed by atoms with Crippen molar-refractivity contribution >= 4 is 23.5 Å². The van der Waals surface area contributed by atoms with Crippen LogP contribution in [0.3, 0.4) is 0 Å². The van der Waals surface area contributed by atoms with Gasteiger partial charge in [-0.25, -0.2) is 4.79 Å². The minimum atomic E-state index is -0.875. The standard InChI is InChI=1S/C19H27N3O4/c1-4-11-19(12-5-2)17(24)22(18(25)21-19)13-16(23)20-14-7-9-15(10-8-14)26-6-3/h7-10H,4-6,11-13H2,1-3H3,(H,20,23)(H,21,25). The summed E-state index contributed by atoms with van der Waals surface area (Å²) in [5.74, 6) is -0.0157. The van der Waals surface area contributed by atoms with Gasteiger partial charge in [-0.15, -0.1) is 0 Å². The minimum Gasteiger partial charge on any atom is -0.494 e. The van der Waals surface area contributed by atoms with Gasteiger partial charge in [0.2, 0.25) is 5.91 Å². The van der Waals surface area contributed by atoms with E-state index < -0.39 is 17.5 Å². The zero-order valence-electron chi connectivity index (χ0n) is 15.6. The third-order valence-electron chi connectivity index (χ3n) is 4.35. The summed E-state index contributed by atoms with van der Waals surface area (Å²) in [6.45, 7) is 6.10. The SMILES string of the molecule is CCCC1(CCC)NC(=O)N(CC(=O)Nc2ccc(OCC)cc2)C1=O. The Morgan fingerprint density at radius 1 is 1.12 bits per heavy atom. The Bertz CT molecular complexity index is 651. The Hall–Kier alpha value is -2.57. The fourth-order valence-electron chi connectivity index (χ4n) is 3.28. The average Bonchev–Trinajstić information content (AvgIpc) is 2.82. The highest BCUT2D eigenvalue weighted by molar-refractivity contribution is 6.10. The predicted octanol–water partition coefficient (Wildman–Crippen LogP) is 2.91. The van der Waals surface area contributed by atoms with Crippen molar-refractivity contribution < 1.29 is 19.1 Å². The lowest BCUT2D eigenvalue weighted by molar-refractivity contribution is -0.134. The molecule has 0 unspecified atom stereocenters. The van der Waals surface area contributed by atoms with E-state index in [1.165, 1.54) is 0 Å². The Morgan fingerprint density at radius 3 is 2.27 bits per heavy atom. The molecule has 0 radical (unpaired) electrons. The summed E-state index contributed by atoms with van der Waals surface area (Å²) in [6, 6.07) is 6.43. The second-order valence-electron chi connectivity index (χ2n) is 6.41. The van der Waals surface area contributed by atoms with E-state index in [0.29, 0.717) is 30.9 Å². The van der Waals surface area contributed by atoms with Gasteiger partial charge in [0.15, 0.2) is 0 Å². The Labute approximate surface area is 154 Å². The zero-order chi connectivity index (χ0) is 19.2. The fraction of sp³-hybridized carbons (Fsp3) is 0.526.